The van der Waals surface area contributed by atoms with E-state index in [1.165, 1.54) is 6.42 Å². The molecule has 1 aliphatic heterocycles. The van der Waals surface area contributed by atoms with Crippen LogP contribution in [0.2, 0.25) is 0 Å². The van der Waals surface area contributed by atoms with Crippen molar-refractivity contribution in [1.29, 1.82) is 5.41 Å². The third-order valence-corrected chi connectivity index (χ3v) is 2.63. The molecule has 3 N–H and O–H groups in total. The summed E-state index contributed by atoms with van der Waals surface area (Å²) in [6, 6.07) is 1.66. The normalized spacial score (nSPS) is 20.6. The first-order chi connectivity index (χ1) is 7.16. The van der Waals surface area contributed by atoms with E-state index in [2.05, 4.69) is 21.8 Å². The minimum atomic E-state index is -0.00843. The van der Waals surface area contributed by atoms with Gasteiger partial charge in [0.1, 0.15) is 11.5 Å². The zero-order valence-electron chi connectivity index (χ0n) is 8.77. The van der Waals surface area contributed by atoms with Crippen molar-refractivity contribution < 1.29 is 0 Å². The van der Waals surface area contributed by atoms with Crippen LogP contribution in [0.3, 0.4) is 0 Å². The SMILES string of the molecule is CC1CCN(c2nccc(C(=N)N)n2)C1. The standard InChI is InChI=1S/C10H15N5/c1-7-3-5-15(6-7)10-13-4-2-8(14-10)9(11)12/h2,4,7H,3,5-6H2,1H3,(H3,11,12). The van der Waals surface area contributed by atoms with Crippen LogP contribution < -0.4 is 10.6 Å². The second-order valence-corrected chi connectivity index (χ2v) is 4.00. The second kappa shape index (κ2) is 3.84. The van der Waals surface area contributed by atoms with E-state index in [-0.39, 0.29) is 5.84 Å². The number of nitrogens with two attached hydrogens (primary N) is 1. The lowest BCUT2D eigenvalue weighted by Crippen LogP contribution is -2.23. The van der Waals surface area contributed by atoms with Gasteiger partial charge in [-0.2, -0.15) is 0 Å². The number of hydrogen-bond acceptors (Lipinski definition) is 4. The van der Waals surface area contributed by atoms with Crippen molar-refractivity contribution in [1.82, 2.24) is 9.97 Å². The number of nitrogen functional groups attached to an aromatic ring is 1. The van der Waals surface area contributed by atoms with Gasteiger partial charge in [0.05, 0.1) is 0 Å². The van der Waals surface area contributed by atoms with E-state index in [0.29, 0.717) is 17.6 Å². The highest BCUT2D eigenvalue weighted by atomic mass is 15.3. The molecule has 2 heterocycles. The van der Waals surface area contributed by atoms with Gasteiger partial charge in [0.25, 0.3) is 0 Å². The molecule has 1 aliphatic rings. The highest BCUT2D eigenvalue weighted by Crippen LogP contribution is 2.19. The average Bonchev–Trinajstić information content (AvgIpc) is 2.65. The molecule has 0 aliphatic carbocycles. The summed E-state index contributed by atoms with van der Waals surface area (Å²) in [5.74, 6) is 1.37. The number of amidine groups is 1. The fraction of sp³-hybridized carbons (Fsp3) is 0.500. The van der Waals surface area contributed by atoms with Crippen molar-refractivity contribution in [3.8, 4) is 0 Å². The van der Waals surface area contributed by atoms with Gasteiger partial charge in [-0.25, -0.2) is 9.97 Å². The molecule has 1 saturated heterocycles. The van der Waals surface area contributed by atoms with Crippen LogP contribution in [0.5, 0.6) is 0 Å². The van der Waals surface area contributed by atoms with Crippen LogP contribution >= 0.6 is 0 Å². The Labute approximate surface area is 88.8 Å². The van der Waals surface area contributed by atoms with Gasteiger partial charge in [0.2, 0.25) is 5.95 Å². The molecule has 1 atom stereocenters. The fourth-order valence-corrected chi connectivity index (χ4v) is 1.77. The van der Waals surface area contributed by atoms with E-state index in [9.17, 15) is 0 Å². The molecule has 1 fully saturated rings. The molecule has 1 aromatic rings. The first-order valence-electron chi connectivity index (χ1n) is 5.09. The molecule has 80 valence electrons. The van der Waals surface area contributed by atoms with Crippen LogP contribution in [0.1, 0.15) is 19.0 Å². The minimum Gasteiger partial charge on any atom is -0.382 e. The lowest BCUT2D eigenvalue weighted by Gasteiger charge is -2.15. The summed E-state index contributed by atoms with van der Waals surface area (Å²) >= 11 is 0. The number of aromatic nitrogens is 2. The largest absolute Gasteiger partial charge is 0.382 e. The molecule has 1 aromatic heterocycles. The summed E-state index contributed by atoms with van der Waals surface area (Å²) in [6.07, 6.45) is 2.83. The summed E-state index contributed by atoms with van der Waals surface area (Å²) in [6.45, 7) is 4.19. The van der Waals surface area contributed by atoms with E-state index in [1.807, 2.05) is 0 Å². The first-order valence-corrected chi connectivity index (χ1v) is 5.09. The Morgan fingerprint density at radius 3 is 3.07 bits per heavy atom. The number of nitrogens with one attached hydrogen (secondary N) is 1. The molecule has 0 bridgehead atoms. The molecule has 0 radical (unpaired) electrons. The molecule has 2 rings (SSSR count). The van der Waals surface area contributed by atoms with Gasteiger partial charge in [-0.05, 0) is 18.4 Å². The van der Waals surface area contributed by atoms with E-state index < -0.39 is 0 Å². The topological polar surface area (TPSA) is 78.9 Å². The van der Waals surface area contributed by atoms with Crippen LogP contribution in [0.15, 0.2) is 12.3 Å². The third-order valence-electron chi connectivity index (χ3n) is 2.63. The van der Waals surface area contributed by atoms with Gasteiger partial charge in [0, 0.05) is 19.3 Å². The van der Waals surface area contributed by atoms with Crippen LogP contribution in [-0.4, -0.2) is 28.9 Å². The minimum absolute atomic E-state index is 0.00843. The maximum atomic E-state index is 7.31. The highest BCUT2D eigenvalue weighted by molar-refractivity contribution is 5.93. The van der Waals surface area contributed by atoms with Crippen molar-refractivity contribution in [2.75, 3.05) is 18.0 Å². The van der Waals surface area contributed by atoms with Crippen molar-refractivity contribution in [2.24, 2.45) is 11.7 Å². The zero-order chi connectivity index (χ0) is 10.8. The first kappa shape index (κ1) is 9.89. The zero-order valence-corrected chi connectivity index (χ0v) is 8.77. The summed E-state index contributed by atoms with van der Waals surface area (Å²) in [7, 11) is 0. The molecule has 0 aromatic carbocycles. The molecular formula is C10H15N5. The van der Waals surface area contributed by atoms with Gasteiger partial charge in [-0.3, -0.25) is 5.41 Å². The van der Waals surface area contributed by atoms with Crippen LogP contribution in [0.25, 0.3) is 0 Å². The Morgan fingerprint density at radius 2 is 2.47 bits per heavy atom. The van der Waals surface area contributed by atoms with Crippen LogP contribution in [-0.2, 0) is 0 Å². The van der Waals surface area contributed by atoms with Crippen LogP contribution in [0.4, 0.5) is 5.95 Å². The number of hydrogen-bond donors (Lipinski definition) is 2. The molecule has 5 nitrogen and oxygen atoms in total. The van der Waals surface area contributed by atoms with Crippen molar-refractivity contribution in [2.45, 2.75) is 13.3 Å². The molecule has 0 saturated carbocycles. The third kappa shape index (κ3) is 2.06. The Kier molecular flexibility index (Phi) is 2.53. The molecule has 15 heavy (non-hydrogen) atoms. The summed E-state index contributed by atoms with van der Waals surface area (Å²) in [4.78, 5) is 10.6. The van der Waals surface area contributed by atoms with Crippen molar-refractivity contribution in [3.05, 3.63) is 18.0 Å². The smallest absolute Gasteiger partial charge is 0.225 e. The van der Waals surface area contributed by atoms with Crippen molar-refractivity contribution in [3.63, 3.8) is 0 Å². The fourth-order valence-electron chi connectivity index (χ4n) is 1.77. The summed E-state index contributed by atoms with van der Waals surface area (Å²) in [5.41, 5.74) is 5.88. The maximum Gasteiger partial charge on any atom is 0.225 e. The van der Waals surface area contributed by atoms with E-state index >= 15 is 0 Å². The summed E-state index contributed by atoms with van der Waals surface area (Å²) in [5, 5.41) is 7.31. The second-order valence-electron chi connectivity index (χ2n) is 4.00. The van der Waals surface area contributed by atoms with Gasteiger partial charge < -0.3 is 10.6 Å². The predicted octanol–water partition coefficient (Wildman–Crippen LogP) is 0.607. The van der Waals surface area contributed by atoms with Gasteiger partial charge in [-0.1, -0.05) is 6.92 Å². The summed E-state index contributed by atoms with van der Waals surface area (Å²) < 4.78 is 0. The van der Waals surface area contributed by atoms with Gasteiger partial charge >= 0.3 is 0 Å². The Hall–Kier alpha value is -1.65. The quantitative estimate of drug-likeness (QED) is 0.547. The molecule has 0 spiro atoms. The maximum absolute atomic E-state index is 7.31. The number of anilines is 1. The van der Waals surface area contributed by atoms with E-state index in [1.54, 1.807) is 12.3 Å². The lowest BCUT2D eigenvalue weighted by molar-refractivity contribution is 0.658. The highest BCUT2D eigenvalue weighted by Gasteiger charge is 2.20. The molecular weight excluding hydrogens is 190 g/mol. The Balaban J connectivity index is 2.21. The van der Waals surface area contributed by atoms with Gasteiger partial charge in [-0.15, -0.1) is 0 Å². The average molecular weight is 205 g/mol. The monoisotopic (exact) mass is 205 g/mol. The Morgan fingerprint density at radius 1 is 1.67 bits per heavy atom. The van der Waals surface area contributed by atoms with Gasteiger partial charge in [0.15, 0.2) is 0 Å². The number of rotatable bonds is 2. The Bertz CT molecular complexity index is 376. The molecule has 5 heteroatoms. The van der Waals surface area contributed by atoms with E-state index in [4.69, 9.17) is 11.1 Å². The van der Waals surface area contributed by atoms with E-state index in [0.717, 1.165) is 13.1 Å². The molecule has 1 unspecified atom stereocenters. The molecule has 0 amide bonds. The lowest BCUT2D eigenvalue weighted by atomic mass is 10.2. The number of nitrogens with zero attached hydrogens (tertiary/aromatic N) is 3. The van der Waals surface area contributed by atoms with Crippen LogP contribution in [0, 0.1) is 11.3 Å². The van der Waals surface area contributed by atoms with Crippen molar-refractivity contribution >= 4 is 11.8 Å². The predicted molar refractivity (Wildman–Crippen MR) is 59.0 cm³/mol.